The summed E-state index contributed by atoms with van der Waals surface area (Å²) in [4.78, 5) is 6.91. The van der Waals surface area contributed by atoms with Gasteiger partial charge in [0.25, 0.3) is 0 Å². The molecule has 2 aliphatic heterocycles. The number of pyridine rings is 1. The first-order valence-corrected chi connectivity index (χ1v) is 18.8. The number of fused-ring (bicyclic) bond motifs is 4. The Morgan fingerprint density at radius 2 is 1.41 bits per heavy atom. The molecule has 3 heterocycles. The molecule has 2 unspecified atom stereocenters. The maximum absolute atomic E-state index is 6.90. The van der Waals surface area contributed by atoms with Crippen LogP contribution in [0.3, 0.4) is 0 Å². The third-order valence-corrected chi connectivity index (χ3v) is 16.7. The van der Waals surface area contributed by atoms with Crippen LogP contribution < -0.4 is 26.1 Å². The molecule has 0 amide bonds. The summed E-state index contributed by atoms with van der Waals surface area (Å²) >= 11 is 13.5. The van der Waals surface area contributed by atoms with Crippen molar-refractivity contribution in [2.45, 2.75) is 27.7 Å². The van der Waals surface area contributed by atoms with Crippen LogP contribution in [0.2, 0.25) is 0 Å². The van der Waals surface area contributed by atoms with Gasteiger partial charge in [-0.05, 0) is 68.5 Å². The third-order valence-electron chi connectivity index (χ3n) is 7.73. The van der Waals surface area contributed by atoms with Crippen molar-refractivity contribution >= 4 is 74.1 Å². The van der Waals surface area contributed by atoms with Gasteiger partial charge < -0.3 is 4.90 Å². The van der Waals surface area contributed by atoms with Crippen molar-refractivity contribution in [3.63, 3.8) is 0 Å². The van der Waals surface area contributed by atoms with Crippen molar-refractivity contribution in [1.29, 1.82) is 0 Å². The number of aromatic nitrogens is 1. The Morgan fingerprint density at radius 1 is 0.784 bits per heavy atom. The molecule has 2 atom stereocenters. The number of benzene rings is 3. The van der Waals surface area contributed by atoms with Gasteiger partial charge in [-0.2, -0.15) is 0 Å². The van der Waals surface area contributed by atoms with Crippen LogP contribution in [0.5, 0.6) is 0 Å². The number of nitrogens with zero attached hydrogens (tertiary/aromatic N) is 3. The quantitative estimate of drug-likeness (QED) is 0.276. The van der Waals surface area contributed by atoms with Gasteiger partial charge in [-0.1, -0.05) is 66.8 Å². The molecular formula is C30H31N3P2S2. The van der Waals surface area contributed by atoms with Gasteiger partial charge in [-0.25, -0.2) is 0 Å². The first kappa shape index (κ1) is 25.2. The minimum atomic E-state index is -2.32. The molecule has 0 fully saturated rings. The molecule has 3 aromatic carbocycles. The summed E-state index contributed by atoms with van der Waals surface area (Å²) in [7, 11) is 0. The molecule has 2 aliphatic rings. The summed E-state index contributed by atoms with van der Waals surface area (Å²) in [6.07, 6.45) is 1.46. The largest absolute Gasteiger partial charge is 0.308 e. The fourth-order valence-corrected chi connectivity index (χ4v) is 14.1. The molecule has 0 bridgehead atoms. The average molecular weight is 560 g/mol. The van der Waals surface area contributed by atoms with Crippen LogP contribution in [0.15, 0.2) is 73.1 Å². The zero-order chi connectivity index (χ0) is 26.1. The van der Waals surface area contributed by atoms with Crippen LogP contribution in [-0.2, 0) is 23.6 Å². The second kappa shape index (κ2) is 8.97. The van der Waals surface area contributed by atoms with E-state index in [-0.39, 0.29) is 0 Å². The van der Waals surface area contributed by atoms with E-state index in [4.69, 9.17) is 23.6 Å². The molecule has 3 nitrogen and oxygen atoms in total. The first-order chi connectivity index (χ1) is 17.7. The number of hydrogen-bond donors (Lipinski definition) is 0. The Labute approximate surface area is 230 Å². The minimum Gasteiger partial charge on any atom is -0.308 e. The third kappa shape index (κ3) is 3.59. The molecular weight excluding hydrogens is 528 g/mol. The highest BCUT2D eigenvalue weighted by Gasteiger charge is 2.45. The van der Waals surface area contributed by atoms with E-state index in [0.717, 1.165) is 24.2 Å². The van der Waals surface area contributed by atoms with Crippen LogP contribution in [0.1, 0.15) is 25.0 Å². The van der Waals surface area contributed by atoms with E-state index in [1.165, 1.54) is 49.4 Å². The van der Waals surface area contributed by atoms with Crippen LogP contribution in [0, 0.1) is 13.8 Å². The Bertz CT molecular complexity index is 1660. The minimum absolute atomic E-state index is 0.906. The summed E-state index contributed by atoms with van der Waals surface area (Å²) < 4.78 is 2.53. The summed E-state index contributed by atoms with van der Waals surface area (Å²) in [5, 5.41) is 5.10. The van der Waals surface area contributed by atoms with Gasteiger partial charge in [-0.3, -0.25) is 9.65 Å². The van der Waals surface area contributed by atoms with Crippen molar-refractivity contribution in [3.8, 4) is 11.1 Å². The van der Waals surface area contributed by atoms with Crippen molar-refractivity contribution < 1.29 is 0 Å². The molecule has 1 aromatic heterocycles. The monoisotopic (exact) mass is 559 g/mol. The highest BCUT2D eigenvalue weighted by Crippen LogP contribution is 2.62. The number of rotatable bonds is 4. The van der Waals surface area contributed by atoms with Gasteiger partial charge in [0.15, 0.2) is 0 Å². The lowest BCUT2D eigenvalue weighted by Gasteiger charge is -2.48. The van der Waals surface area contributed by atoms with Crippen molar-refractivity contribution in [1.82, 2.24) is 9.65 Å². The maximum atomic E-state index is 6.90. The van der Waals surface area contributed by atoms with Gasteiger partial charge >= 0.3 is 0 Å². The Hall–Kier alpha value is -2.13. The van der Waals surface area contributed by atoms with Crippen molar-refractivity contribution in [2.75, 3.05) is 24.7 Å². The lowest BCUT2D eigenvalue weighted by atomic mass is 10.1. The number of aryl methyl sites for hydroxylation is 2. The van der Waals surface area contributed by atoms with Gasteiger partial charge in [0.1, 0.15) is 0 Å². The molecule has 7 heteroatoms. The summed E-state index contributed by atoms with van der Waals surface area (Å²) in [5.41, 5.74) is 8.42. The molecule has 6 rings (SSSR count). The lowest BCUT2D eigenvalue weighted by molar-refractivity contribution is 0.513. The fraction of sp³-hybridized carbons (Fsp3) is 0.233. The van der Waals surface area contributed by atoms with E-state index in [1.807, 2.05) is 18.5 Å². The summed E-state index contributed by atoms with van der Waals surface area (Å²) in [6, 6.07) is 20.4. The summed E-state index contributed by atoms with van der Waals surface area (Å²) in [6.45, 7) is 12.9. The molecule has 0 N–H and O–H groups in total. The smallest absolute Gasteiger partial charge is 0.0751 e. The van der Waals surface area contributed by atoms with Crippen molar-refractivity contribution in [3.05, 3.63) is 84.2 Å². The highest BCUT2D eigenvalue weighted by atomic mass is 32.4. The SMILES string of the molecule is CCN(CC)P1(=S)c2cc(C)ccc2N2c3ccc(C)cc3P(C)(=S)c3cc(-c4cccnc4)cc1c32. The van der Waals surface area contributed by atoms with E-state index >= 15 is 0 Å². The average Bonchev–Trinajstić information content (AvgIpc) is 2.90. The molecule has 0 radical (unpaired) electrons. The van der Waals surface area contributed by atoms with E-state index in [2.05, 4.69) is 104 Å². The predicted molar refractivity (Wildman–Crippen MR) is 170 cm³/mol. The lowest BCUT2D eigenvalue weighted by Crippen LogP contribution is -2.45. The van der Waals surface area contributed by atoms with Gasteiger partial charge in [0.2, 0.25) is 0 Å². The van der Waals surface area contributed by atoms with E-state index < -0.39 is 12.2 Å². The van der Waals surface area contributed by atoms with Crippen LogP contribution in [0.4, 0.5) is 17.1 Å². The molecule has 0 aliphatic carbocycles. The van der Waals surface area contributed by atoms with Gasteiger partial charge in [0, 0.05) is 58.3 Å². The molecule has 4 aromatic rings. The van der Waals surface area contributed by atoms with E-state index in [9.17, 15) is 0 Å². The normalized spacial score (nSPS) is 21.4. The number of hydrogen-bond acceptors (Lipinski definition) is 4. The highest BCUT2D eigenvalue weighted by molar-refractivity contribution is 8.22. The Kier molecular flexibility index (Phi) is 6.10. The Balaban J connectivity index is 1.81. The molecule has 0 spiro atoms. The van der Waals surface area contributed by atoms with E-state index in [1.54, 1.807) is 0 Å². The zero-order valence-corrected chi connectivity index (χ0v) is 25.3. The maximum Gasteiger partial charge on any atom is 0.0751 e. The second-order valence-electron chi connectivity index (χ2n) is 10.1. The van der Waals surface area contributed by atoms with Crippen molar-refractivity contribution in [2.24, 2.45) is 0 Å². The standard InChI is InChI=1S/C30H31N3P2S2/c1-6-32(7-2)35(37)27-16-21(4)11-13-25(27)33-24-12-10-20(3)15-26(24)34(5,36)28-17-23(18-29(35)30(28)33)22-9-8-14-31-19-22/h8-19H,6-7H2,1-5H3. The van der Waals surface area contributed by atoms with Crippen LogP contribution >= 0.6 is 12.2 Å². The summed E-state index contributed by atoms with van der Waals surface area (Å²) in [5.74, 6) is 0. The molecule has 0 saturated heterocycles. The Morgan fingerprint density at radius 3 is 2.03 bits per heavy atom. The van der Waals surface area contributed by atoms with Crippen LogP contribution in [0.25, 0.3) is 11.1 Å². The zero-order valence-electron chi connectivity index (χ0n) is 21.9. The predicted octanol–water partition coefficient (Wildman–Crippen LogP) is 6.21. The van der Waals surface area contributed by atoms with Gasteiger partial charge in [0.05, 0.1) is 23.3 Å². The molecule has 0 saturated carbocycles. The van der Waals surface area contributed by atoms with Crippen LogP contribution in [-0.4, -0.2) is 29.4 Å². The topological polar surface area (TPSA) is 19.4 Å². The number of anilines is 3. The second-order valence-corrected chi connectivity index (χ2v) is 19.3. The molecule has 188 valence electrons. The van der Waals surface area contributed by atoms with Gasteiger partial charge in [-0.15, -0.1) is 0 Å². The fourth-order valence-electron chi connectivity index (χ4n) is 5.88. The first-order valence-electron chi connectivity index (χ1n) is 12.8. The van der Waals surface area contributed by atoms with E-state index in [0.29, 0.717) is 0 Å². The molecule has 37 heavy (non-hydrogen) atoms.